The topological polar surface area (TPSA) is 30.5 Å². The Morgan fingerprint density at radius 1 is 1.28 bits per heavy atom. The van der Waals surface area contributed by atoms with Gasteiger partial charge in [0.1, 0.15) is 0 Å². The SMILES string of the molecule is CCNC(=S)N[C@@H]1C2CN3CCN(C2)CC1(C)C3. The Balaban J connectivity index is 1.77. The third-order valence-corrected chi connectivity index (χ3v) is 5.00. The smallest absolute Gasteiger partial charge is 0.166 e. The zero-order valence-corrected chi connectivity index (χ0v) is 12.2. The van der Waals surface area contributed by atoms with E-state index in [1.165, 1.54) is 39.3 Å². The molecule has 0 spiro atoms. The fourth-order valence-electron chi connectivity index (χ4n) is 4.17. The van der Waals surface area contributed by atoms with Crippen molar-refractivity contribution in [1.29, 1.82) is 0 Å². The lowest BCUT2D eigenvalue weighted by Crippen LogP contribution is -2.68. The van der Waals surface area contributed by atoms with Crippen molar-refractivity contribution in [3.63, 3.8) is 0 Å². The highest BCUT2D eigenvalue weighted by atomic mass is 32.1. The Labute approximate surface area is 115 Å². The van der Waals surface area contributed by atoms with Crippen LogP contribution in [0.2, 0.25) is 0 Å². The van der Waals surface area contributed by atoms with Crippen LogP contribution in [0.4, 0.5) is 0 Å². The zero-order valence-electron chi connectivity index (χ0n) is 11.4. The van der Waals surface area contributed by atoms with Gasteiger partial charge in [0.2, 0.25) is 0 Å². The first kappa shape index (κ1) is 12.6. The summed E-state index contributed by atoms with van der Waals surface area (Å²) in [6.07, 6.45) is 0. The van der Waals surface area contributed by atoms with Crippen LogP contribution in [0.25, 0.3) is 0 Å². The van der Waals surface area contributed by atoms with Crippen LogP contribution in [0.5, 0.6) is 0 Å². The van der Waals surface area contributed by atoms with Crippen molar-refractivity contribution in [2.75, 3.05) is 45.8 Å². The molecule has 102 valence electrons. The molecule has 4 aliphatic rings. The quantitative estimate of drug-likeness (QED) is 0.694. The standard InChI is InChI=1S/C13H24N4S/c1-3-14-12(18)15-11-10-6-16-4-5-17(7-10)9-13(11,2)8-16/h10-11H,3-9H2,1-2H3,(H2,14,15,18)/t10?,11-,13?/m1/s1. The first-order valence-corrected chi connectivity index (χ1v) is 7.50. The molecule has 4 aliphatic heterocycles. The second kappa shape index (κ2) is 4.62. The average molecular weight is 268 g/mol. The number of piperidine rings is 2. The summed E-state index contributed by atoms with van der Waals surface area (Å²) in [5, 5.41) is 7.66. The third kappa shape index (κ3) is 2.12. The summed E-state index contributed by atoms with van der Waals surface area (Å²) in [5.41, 5.74) is 0.344. The molecule has 0 radical (unpaired) electrons. The van der Waals surface area contributed by atoms with Crippen LogP contribution in [-0.4, -0.2) is 66.8 Å². The maximum Gasteiger partial charge on any atom is 0.166 e. The van der Waals surface area contributed by atoms with Crippen molar-refractivity contribution in [2.45, 2.75) is 19.9 Å². The minimum Gasteiger partial charge on any atom is -0.363 e. The molecule has 4 rings (SSSR count). The van der Waals surface area contributed by atoms with E-state index in [1.807, 2.05) is 0 Å². The molecule has 5 heteroatoms. The second-order valence-corrected chi connectivity index (χ2v) is 6.77. The largest absolute Gasteiger partial charge is 0.363 e. The molecule has 4 nitrogen and oxygen atoms in total. The van der Waals surface area contributed by atoms with Crippen molar-refractivity contribution in [1.82, 2.24) is 20.4 Å². The normalized spacial score (nSPS) is 45.7. The first-order valence-electron chi connectivity index (χ1n) is 7.10. The summed E-state index contributed by atoms with van der Waals surface area (Å²) < 4.78 is 0. The Bertz CT molecular complexity index is 330. The first-order chi connectivity index (χ1) is 8.60. The lowest BCUT2D eigenvalue weighted by molar-refractivity contribution is -0.0124. The van der Waals surface area contributed by atoms with Crippen LogP contribution in [0.1, 0.15) is 13.8 Å². The van der Waals surface area contributed by atoms with E-state index in [0.717, 1.165) is 17.6 Å². The van der Waals surface area contributed by atoms with Gasteiger partial charge in [-0.2, -0.15) is 0 Å². The highest BCUT2D eigenvalue weighted by molar-refractivity contribution is 7.80. The molecular weight excluding hydrogens is 244 g/mol. The van der Waals surface area contributed by atoms with E-state index in [4.69, 9.17) is 12.2 Å². The van der Waals surface area contributed by atoms with Gasteiger partial charge in [-0.25, -0.2) is 0 Å². The van der Waals surface area contributed by atoms with Gasteiger partial charge in [-0.1, -0.05) is 6.92 Å². The molecule has 4 heterocycles. The maximum atomic E-state index is 5.39. The van der Waals surface area contributed by atoms with E-state index in [0.29, 0.717) is 11.5 Å². The molecule has 0 aromatic carbocycles. The van der Waals surface area contributed by atoms with E-state index >= 15 is 0 Å². The molecule has 0 aromatic heterocycles. The molecule has 4 fully saturated rings. The van der Waals surface area contributed by atoms with Gasteiger partial charge in [0.25, 0.3) is 0 Å². The molecular formula is C13H24N4S. The van der Waals surface area contributed by atoms with Gasteiger partial charge >= 0.3 is 0 Å². The summed E-state index contributed by atoms with van der Waals surface area (Å²) in [6.45, 7) is 12.8. The lowest BCUT2D eigenvalue weighted by Gasteiger charge is -2.54. The number of rotatable bonds is 2. The van der Waals surface area contributed by atoms with E-state index in [9.17, 15) is 0 Å². The van der Waals surface area contributed by atoms with Gasteiger partial charge in [0.15, 0.2) is 5.11 Å². The van der Waals surface area contributed by atoms with Crippen molar-refractivity contribution in [3.05, 3.63) is 0 Å². The Hall–Kier alpha value is -0.390. The predicted molar refractivity (Wildman–Crippen MR) is 77.7 cm³/mol. The molecule has 0 amide bonds. The van der Waals surface area contributed by atoms with E-state index in [-0.39, 0.29) is 0 Å². The van der Waals surface area contributed by atoms with Gasteiger partial charge in [-0.05, 0) is 19.1 Å². The fraction of sp³-hybridized carbons (Fsp3) is 0.923. The minimum atomic E-state index is 0.344. The van der Waals surface area contributed by atoms with Gasteiger partial charge in [-0.3, -0.25) is 0 Å². The number of nitrogens with one attached hydrogen (secondary N) is 2. The molecule has 18 heavy (non-hydrogen) atoms. The Kier molecular flexibility index (Phi) is 3.24. The van der Waals surface area contributed by atoms with Crippen LogP contribution in [0.3, 0.4) is 0 Å². The molecule has 0 aromatic rings. The van der Waals surface area contributed by atoms with E-state index < -0.39 is 0 Å². The number of fused-ring (bicyclic) bond motifs is 1. The van der Waals surface area contributed by atoms with E-state index in [2.05, 4.69) is 34.3 Å². The number of hydrogen-bond acceptors (Lipinski definition) is 3. The Morgan fingerprint density at radius 2 is 1.89 bits per heavy atom. The molecule has 4 saturated heterocycles. The summed E-state index contributed by atoms with van der Waals surface area (Å²) in [6, 6.07) is 0.537. The summed E-state index contributed by atoms with van der Waals surface area (Å²) in [7, 11) is 0. The van der Waals surface area contributed by atoms with Crippen LogP contribution in [0.15, 0.2) is 0 Å². The molecule has 2 N–H and O–H groups in total. The van der Waals surface area contributed by atoms with Crippen molar-refractivity contribution < 1.29 is 0 Å². The third-order valence-electron chi connectivity index (χ3n) is 4.73. The second-order valence-electron chi connectivity index (χ2n) is 6.37. The van der Waals surface area contributed by atoms with Gasteiger partial charge < -0.3 is 20.4 Å². The van der Waals surface area contributed by atoms with Gasteiger partial charge in [0.05, 0.1) is 0 Å². The van der Waals surface area contributed by atoms with Crippen LogP contribution in [-0.2, 0) is 0 Å². The number of nitrogens with zero attached hydrogens (tertiary/aromatic N) is 2. The molecule has 4 bridgehead atoms. The van der Waals surface area contributed by atoms with Crippen LogP contribution >= 0.6 is 12.2 Å². The molecule has 0 saturated carbocycles. The number of hydrogen-bond donors (Lipinski definition) is 2. The lowest BCUT2D eigenvalue weighted by atomic mass is 9.69. The van der Waals surface area contributed by atoms with Crippen LogP contribution < -0.4 is 10.6 Å². The monoisotopic (exact) mass is 268 g/mol. The highest BCUT2D eigenvalue weighted by Crippen LogP contribution is 2.40. The predicted octanol–water partition coefficient (Wildman–Crippen LogP) is 0.106. The molecule has 2 unspecified atom stereocenters. The Morgan fingerprint density at radius 3 is 2.39 bits per heavy atom. The van der Waals surface area contributed by atoms with Crippen molar-refractivity contribution in [2.24, 2.45) is 11.3 Å². The average Bonchev–Trinajstić information content (AvgIpc) is 2.52. The minimum absolute atomic E-state index is 0.344. The van der Waals surface area contributed by atoms with Crippen molar-refractivity contribution in [3.8, 4) is 0 Å². The maximum absolute atomic E-state index is 5.39. The summed E-state index contributed by atoms with van der Waals surface area (Å²) >= 11 is 5.39. The summed E-state index contributed by atoms with van der Waals surface area (Å²) in [4.78, 5) is 5.29. The molecule has 0 aliphatic carbocycles. The van der Waals surface area contributed by atoms with Gasteiger partial charge in [0, 0.05) is 63.2 Å². The van der Waals surface area contributed by atoms with Crippen molar-refractivity contribution >= 4 is 17.3 Å². The molecule has 3 atom stereocenters. The van der Waals surface area contributed by atoms with Gasteiger partial charge in [-0.15, -0.1) is 0 Å². The summed E-state index contributed by atoms with van der Waals surface area (Å²) in [5.74, 6) is 0.719. The highest BCUT2D eigenvalue weighted by Gasteiger charge is 2.51. The van der Waals surface area contributed by atoms with E-state index in [1.54, 1.807) is 0 Å². The fourth-order valence-corrected chi connectivity index (χ4v) is 4.44. The van der Waals surface area contributed by atoms with Crippen LogP contribution in [0, 0.1) is 11.3 Å². The zero-order chi connectivity index (χ0) is 12.8. The number of thiocarbonyl (C=S) groups is 1.